The third-order valence-corrected chi connectivity index (χ3v) is 4.65. The van der Waals surface area contributed by atoms with Gasteiger partial charge in [0.05, 0.1) is 18.4 Å². The molecule has 0 bridgehead atoms. The van der Waals surface area contributed by atoms with Crippen molar-refractivity contribution >= 4 is 11.3 Å². The number of hydrogen-bond donors (Lipinski definition) is 1. The number of aromatic hydroxyl groups is 1. The Bertz CT molecular complexity index is 1110. The van der Waals surface area contributed by atoms with Gasteiger partial charge < -0.3 is 5.11 Å². The minimum absolute atomic E-state index is 0.0267. The van der Waals surface area contributed by atoms with Crippen molar-refractivity contribution < 1.29 is 18.3 Å². The number of halogens is 3. The summed E-state index contributed by atoms with van der Waals surface area (Å²) in [7, 11) is 0. The van der Waals surface area contributed by atoms with Gasteiger partial charge in [0.1, 0.15) is 0 Å². The van der Waals surface area contributed by atoms with Gasteiger partial charge in [-0.3, -0.25) is 4.68 Å². The van der Waals surface area contributed by atoms with E-state index < -0.39 is 11.9 Å². The molecule has 0 unspecified atom stereocenters. The topological polar surface area (TPSA) is 76.7 Å². The van der Waals surface area contributed by atoms with Crippen molar-refractivity contribution in [1.82, 2.24) is 24.7 Å². The Balaban J connectivity index is 1.63. The molecule has 0 radical (unpaired) electrons. The molecule has 0 saturated carbocycles. The summed E-state index contributed by atoms with van der Waals surface area (Å²) >= 11 is 0.761. The standard InChI is InChI=1S/C18H12F3N5OS/c19-18(20,21)14-10-28-17(24-14)16-23-13(6-15(27)25-16)12-7-22-26(9-12)8-11-4-2-1-3-5-11/h1-7,9-10H,8H2,(H,23,25,27). The van der Waals surface area contributed by atoms with Crippen LogP contribution >= 0.6 is 11.3 Å². The van der Waals surface area contributed by atoms with Gasteiger partial charge in [-0.25, -0.2) is 9.97 Å². The summed E-state index contributed by atoms with van der Waals surface area (Å²) < 4.78 is 40.0. The van der Waals surface area contributed by atoms with Gasteiger partial charge in [0.15, 0.2) is 16.5 Å². The summed E-state index contributed by atoms with van der Waals surface area (Å²) in [6.45, 7) is 0.548. The zero-order valence-electron chi connectivity index (χ0n) is 14.1. The maximum Gasteiger partial charge on any atom is 0.434 e. The van der Waals surface area contributed by atoms with Gasteiger partial charge in [-0.05, 0) is 5.56 Å². The molecule has 0 atom stereocenters. The lowest BCUT2D eigenvalue weighted by Gasteiger charge is -2.03. The first-order valence-corrected chi connectivity index (χ1v) is 8.94. The highest BCUT2D eigenvalue weighted by atomic mass is 32.1. The molecule has 0 spiro atoms. The van der Waals surface area contributed by atoms with Gasteiger partial charge in [-0.15, -0.1) is 11.3 Å². The Morgan fingerprint density at radius 3 is 2.57 bits per heavy atom. The van der Waals surface area contributed by atoms with Gasteiger partial charge in [0.2, 0.25) is 5.88 Å². The van der Waals surface area contributed by atoms with E-state index in [2.05, 4.69) is 20.1 Å². The van der Waals surface area contributed by atoms with Gasteiger partial charge in [0.25, 0.3) is 0 Å². The molecular weight excluding hydrogens is 391 g/mol. The van der Waals surface area contributed by atoms with Crippen LogP contribution < -0.4 is 0 Å². The number of rotatable bonds is 4. The van der Waals surface area contributed by atoms with Crippen molar-refractivity contribution in [2.24, 2.45) is 0 Å². The highest BCUT2D eigenvalue weighted by Gasteiger charge is 2.34. The van der Waals surface area contributed by atoms with Gasteiger partial charge in [0, 0.05) is 23.2 Å². The summed E-state index contributed by atoms with van der Waals surface area (Å²) in [6, 6.07) is 11.0. The first kappa shape index (κ1) is 18.1. The van der Waals surface area contributed by atoms with Crippen LogP contribution in [-0.2, 0) is 12.7 Å². The molecule has 1 aromatic carbocycles. The number of hydrogen-bond acceptors (Lipinski definition) is 6. The zero-order valence-corrected chi connectivity index (χ0v) is 14.9. The normalized spacial score (nSPS) is 11.7. The number of thiazole rings is 1. The summed E-state index contributed by atoms with van der Waals surface area (Å²) in [4.78, 5) is 11.6. The lowest BCUT2D eigenvalue weighted by molar-refractivity contribution is -0.140. The Hall–Kier alpha value is -3.27. The lowest BCUT2D eigenvalue weighted by Crippen LogP contribution is -2.05. The van der Waals surface area contributed by atoms with Crippen molar-refractivity contribution in [3.05, 3.63) is 65.4 Å². The van der Waals surface area contributed by atoms with Gasteiger partial charge in [-0.1, -0.05) is 30.3 Å². The van der Waals surface area contributed by atoms with Crippen LogP contribution in [0.5, 0.6) is 5.88 Å². The molecule has 6 nitrogen and oxygen atoms in total. The van der Waals surface area contributed by atoms with Crippen LogP contribution in [-0.4, -0.2) is 29.8 Å². The zero-order chi connectivity index (χ0) is 19.7. The average Bonchev–Trinajstić information content (AvgIpc) is 3.31. The van der Waals surface area contributed by atoms with E-state index in [1.165, 1.54) is 6.07 Å². The van der Waals surface area contributed by atoms with Crippen molar-refractivity contribution in [3.63, 3.8) is 0 Å². The van der Waals surface area contributed by atoms with Crippen LogP contribution in [0.2, 0.25) is 0 Å². The fourth-order valence-corrected chi connectivity index (χ4v) is 3.29. The number of nitrogens with zero attached hydrogens (tertiary/aromatic N) is 5. The number of aromatic nitrogens is 5. The monoisotopic (exact) mass is 403 g/mol. The molecule has 0 aliphatic heterocycles. The number of alkyl halides is 3. The number of benzene rings is 1. The largest absolute Gasteiger partial charge is 0.493 e. The highest BCUT2D eigenvalue weighted by Crippen LogP contribution is 2.33. The quantitative estimate of drug-likeness (QED) is 0.552. The first-order valence-electron chi connectivity index (χ1n) is 8.06. The van der Waals surface area contributed by atoms with Gasteiger partial charge in [-0.2, -0.15) is 23.3 Å². The van der Waals surface area contributed by atoms with Crippen LogP contribution in [0.3, 0.4) is 0 Å². The summed E-state index contributed by atoms with van der Waals surface area (Å²) in [5, 5.41) is 15.0. The van der Waals surface area contributed by atoms with E-state index >= 15 is 0 Å². The molecule has 142 valence electrons. The summed E-state index contributed by atoms with van der Waals surface area (Å²) in [6.07, 6.45) is -1.24. The van der Waals surface area contributed by atoms with E-state index in [1.807, 2.05) is 30.3 Å². The van der Waals surface area contributed by atoms with Crippen molar-refractivity contribution in [3.8, 4) is 28.0 Å². The van der Waals surface area contributed by atoms with Crippen LogP contribution in [0, 0.1) is 0 Å². The molecule has 0 fully saturated rings. The van der Waals surface area contributed by atoms with Crippen molar-refractivity contribution in [1.29, 1.82) is 0 Å². The average molecular weight is 403 g/mol. The molecule has 4 rings (SSSR count). The molecule has 10 heteroatoms. The fourth-order valence-electron chi connectivity index (χ4n) is 2.54. The first-order chi connectivity index (χ1) is 13.4. The van der Waals surface area contributed by atoms with Crippen LogP contribution in [0.4, 0.5) is 13.2 Å². The van der Waals surface area contributed by atoms with Crippen molar-refractivity contribution in [2.75, 3.05) is 0 Å². The van der Waals surface area contributed by atoms with Crippen LogP contribution in [0.15, 0.2) is 54.2 Å². The van der Waals surface area contributed by atoms with E-state index in [0.29, 0.717) is 17.8 Å². The fraction of sp³-hybridized carbons (Fsp3) is 0.111. The SMILES string of the molecule is Oc1cc(-c2cnn(Cc3ccccc3)c2)nc(-c2nc(C(F)(F)F)cs2)n1. The Morgan fingerprint density at radius 2 is 1.86 bits per heavy atom. The lowest BCUT2D eigenvalue weighted by atomic mass is 10.2. The second kappa shape index (κ2) is 7.04. The van der Waals surface area contributed by atoms with Crippen molar-refractivity contribution in [2.45, 2.75) is 12.7 Å². The van der Waals surface area contributed by atoms with Gasteiger partial charge >= 0.3 is 6.18 Å². The molecule has 3 heterocycles. The molecule has 1 N–H and O–H groups in total. The molecule has 0 saturated heterocycles. The van der Waals surface area contributed by atoms with E-state index in [4.69, 9.17) is 0 Å². The minimum atomic E-state index is -4.55. The summed E-state index contributed by atoms with van der Waals surface area (Å²) in [5.41, 5.74) is 0.982. The maximum atomic E-state index is 12.8. The van der Waals surface area contributed by atoms with E-state index in [-0.39, 0.29) is 16.7 Å². The van der Waals surface area contributed by atoms with E-state index in [1.54, 1.807) is 17.1 Å². The second-order valence-corrected chi connectivity index (χ2v) is 6.74. The highest BCUT2D eigenvalue weighted by molar-refractivity contribution is 7.13. The second-order valence-electron chi connectivity index (χ2n) is 5.88. The summed E-state index contributed by atoms with van der Waals surface area (Å²) in [5.74, 6) is -0.439. The molecule has 4 aromatic rings. The minimum Gasteiger partial charge on any atom is -0.493 e. The predicted octanol–water partition coefficient (Wildman–Crippen LogP) is 4.24. The van der Waals surface area contributed by atoms with Crippen LogP contribution in [0.25, 0.3) is 22.1 Å². The van der Waals surface area contributed by atoms with E-state index in [0.717, 1.165) is 22.3 Å². The molecule has 3 aromatic heterocycles. The van der Waals surface area contributed by atoms with Crippen LogP contribution in [0.1, 0.15) is 11.3 Å². The molecule has 28 heavy (non-hydrogen) atoms. The Labute approximate surface area is 161 Å². The van der Waals surface area contributed by atoms with E-state index in [9.17, 15) is 18.3 Å². The smallest absolute Gasteiger partial charge is 0.434 e. The third-order valence-electron chi connectivity index (χ3n) is 3.81. The molecular formula is C18H12F3N5OS. The molecule has 0 aliphatic rings. The Morgan fingerprint density at radius 1 is 1.07 bits per heavy atom. The Kier molecular flexibility index (Phi) is 4.55. The molecule has 0 aliphatic carbocycles. The maximum absolute atomic E-state index is 12.8. The predicted molar refractivity (Wildman–Crippen MR) is 96.6 cm³/mol. The molecule has 0 amide bonds. The third kappa shape index (κ3) is 3.86.